The Labute approximate surface area is 111 Å². The lowest BCUT2D eigenvalue weighted by Crippen LogP contribution is -2.43. The zero-order valence-corrected chi connectivity index (χ0v) is 11.8. The van der Waals surface area contributed by atoms with Crippen LogP contribution in [0.25, 0.3) is 0 Å². The third kappa shape index (κ3) is 5.63. The van der Waals surface area contributed by atoms with Gasteiger partial charge in [0.05, 0.1) is 6.61 Å². The molecule has 1 atom stereocenters. The van der Waals surface area contributed by atoms with Crippen molar-refractivity contribution in [3.63, 3.8) is 0 Å². The van der Waals surface area contributed by atoms with Crippen molar-refractivity contribution in [2.75, 3.05) is 26.8 Å². The second-order valence-electron chi connectivity index (χ2n) is 5.03. The highest BCUT2D eigenvalue weighted by Crippen LogP contribution is 2.05. The fourth-order valence-corrected chi connectivity index (χ4v) is 2.05. The molecule has 1 aromatic carbocycles. The van der Waals surface area contributed by atoms with Gasteiger partial charge >= 0.3 is 0 Å². The van der Waals surface area contributed by atoms with Crippen molar-refractivity contribution in [2.45, 2.75) is 32.4 Å². The summed E-state index contributed by atoms with van der Waals surface area (Å²) in [7, 11) is 1.74. The monoisotopic (exact) mass is 250 g/mol. The molecule has 0 amide bonds. The highest BCUT2D eigenvalue weighted by molar-refractivity contribution is 5.15. The van der Waals surface area contributed by atoms with Crippen LogP contribution in [0.4, 0.5) is 0 Å². The van der Waals surface area contributed by atoms with Crippen LogP contribution in [0.5, 0.6) is 0 Å². The summed E-state index contributed by atoms with van der Waals surface area (Å²) in [5, 5.41) is 0. The molecule has 0 aliphatic heterocycles. The molecule has 0 saturated heterocycles. The zero-order chi connectivity index (χ0) is 13.4. The van der Waals surface area contributed by atoms with E-state index < -0.39 is 0 Å². The van der Waals surface area contributed by atoms with Crippen molar-refractivity contribution in [1.29, 1.82) is 0 Å². The van der Waals surface area contributed by atoms with Gasteiger partial charge in [0, 0.05) is 32.3 Å². The smallest absolute Gasteiger partial charge is 0.0589 e. The van der Waals surface area contributed by atoms with Gasteiger partial charge in [-0.1, -0.05) is 30.3 Å². The third-order valence-corrected chi connectivity index (χ3v) is 3.12. The van der Waals surface area contributed by atoms with Gasteiger partial charge in [0.15, 0.2) is 0 Å². The van der Waals surface area contributed by atoms with Crippen LogP contribution < -0.4 is 5.73 Å². The number of methoxy groups -OCH3 is 1. The van der Waals surface area contributed by atoms with E-state index in [-0.39, 0.29) is 6.04 Å². The van der Waals surface area contributed by atoms with Crippen molar-refractivity contribution in [2.24, 2.45) is 5.73 Å². The molecule has 0 fully saturated rings. The Kier molecular flexibility index (Phi) is 6.94. The zero-order valence-electron chi connectivity index (χ0n) is 11.8. The summed E-state index contributed by atoms with van der Waals surface area (Å²) in [4.78, 5) is 2.37. The minimum absolute atomic E-state index is 0.173. The first-order chi connectivity index (χ1) is 8.63. The largest absolute Gasteiger partial charge is 0.383 e. The molecule has 3 heteroatoms. The summed E-state index contributed by atoms with van der Waals surface area (Å²) in [5.74, 6) is 0. The van der Waals surface area contributed by atoms with Crippen LogP contribution in [0, 0.1) is 0 Å². The average molecular weight is 250 g/mol. The van der Waals surface area contributed by atoms with Crippen LogP contribution >= 0.6 is 0 Å². The first kappa shape index (κ1) is 15.2. The van der Waals surface area contributed by atoms with E-state index in [9.17, 15) is 0 Å². The van der Waals surface area contributed by atoms with Crippen LogP contribution in [-0.2, 0) is 11.2 Å². The van der Waals surface area contributed by atoms with Crippen LogP contribution in [-0.4, -0.2) is 43.8 Å². The van der Waals surface area contributed by atoms with Crippen molar-refractivity contribution >= 4 is 0 Å². The van der Waals surface area contributed by atoms with E-state index in [1.807, 2.05) is 6.07 Å². The maximum atomic E-state index is 6.23. The Hall–Kier alpha value is -0.900. The van der Waals surface area contributed by atoms with Crippen molar-refractivity contribution in [1.82, 2.24) is 4.90 Å². The molecule has 1 rings (SSSR count). The van der Waals surface area contributed by atoms with Crippen molar-refractivity contribution in [3.8, 4) is 0 Å². The highest BCUT2D eigenvalue weighted by Gasteiger charge is 2.13. The second-order valence-corrected chi connectivity index (χ2v) is 5.03. The summed E-state index contributed by atoms with van der Waals surface area (Å²) in [5.41, 5.74) is 7.54. The third-order valence-electron chi connectivity index (χ3n) is 3.12. The number of hydrogen-bond donors (Lipinski definition) is 1. The molecule has 18 heavy (non-hydrogen) atoms. The van der Waals surface area contributed by atoms with Gasteiger partial charge in [-0.25, -0.2) is 0 Å². The predicted molar refractivity (Wildman–Crippen MR) is 76.7 cm³/mol. The van der Waals surface area contributed by atoms with Gasteiger partial charge in [0.2, 0.25) is 0 Å². The van der Waals surface area contributed by atoms with E-state index in [1.165, 1.54) is 5.56 Å². The van der Waals surface area contributed by atoms with Gasteiger partial charge < -0.3 is 10.5 Å². The fourth-order valence-electron chi connectivity index (χ4n) is 2.05. The molecule has 0 saturated carbocycles. The molecule has 0 radical (unpaired) electrons. The van der Waals surface area contributed by atoms with E-state index in [1.54, 1.807) is 7.11 Å². The molecule has 0 aromatic heterocycles. The van der Waals surface area contributed by atoms with Gasteiger partial charge in [-0.15, -0.1) is 0 Å². The van der Waals surface area contributed by atoms with Gasteiger partial charge in [-0.3, -0.25) is 4.90 Å². The Balaban J connectivity index is 2.43. The molecule has 0 spiro atoms. The van der Waals surface area contributed by atoms with Gasteiger partial charge in [0.1, 0.15) is 0 Å². The number of hydrogen-bond acceptors (Lipinski definition) is 3. The van der Waals surface area contributed by atoms with Crippen LogP contribution in [0.3, 0.4) is 0 Å². The second kappa shape index (κ2) is 8.25. The molecular weight excluding hydrogens is 224 g/mol. The first-order valence-corrected chi connectivity index (χ1v) is 6.66. The SMILES string of the molecule is COCCN(C[C@H](N)Cc1ccccc1)C(C)C. The first-order valence-electron chi connectivity index (χ1n) is 6.66. The normalized spacial score (nSPS) is 13.2. The van der Waals surface area contributed by atoms with Crippen LogP contribution in [0.15, 0.2) is 30.3 Å². The summed E-state index contributed by atoms with van der Waals surface area (Å²) < 4.78 is 5.14. The molecule has 1 aromatic rings. The number of benzene rings is 1. The Bertz CT molecular complexity index is 314. The molecule has 102 valence electrons. The van der Waals surface area contributed by atoms with Gasteiger partial charge in [-0.05, 0) is 25.8 Å². The van der Waals surface area contributed by atoms with E-state index >= 15 is 0 Å². The summed E-state index contributed by atoms with van der Waals surface area (Å²) in [6.07, 6.45) is 0.928. The lowest BCUT2D eigenvalue weighted by Gasteiger charge is -2.29. The summed E-state index contributed by atoms with van der Waals surface area (Å²) >= 11 is 0. The Morgan fingerprint density at radius 1 is 1.22 bits per heavy atom. The Morgan fingerprint density at radius 2 is 1.89 bits per heavy atom. The molecule has 0 heterocycles. The fraction of sp³-hybridized carbons (Fsp3) is 0.600. The minimum Gasteiger partial charge on any atom is -0.383 e. The number of nitrogens with two attached hydrogens (primary N) is 1. The lowest BCUT2D eigenvalue weighted by molar-refractivity contribution is 0.125. The van der Waals surface area contributed by atoms with Crippen LogP contribution in [0.2, 0.25) is 0 Å². The Morgan fingerprint density at radius 3 is 2.44 bits per heavy atom. The van der Waals surface area contributed by atoms with Gasteiger partial charge in [-0.2, -0.15) is 0 Å². The van der Waals surface area contributed by atoms with Crippen LogP contribution in [0.1, 0.15) is 19.4 Å². The topological polar surface area (TPSA) is 38.5 Å². The number of nitrogens with zero attached hydrogens (tertiary/aromatic N) is 1. The van der Waals surface area contributed by atoms with E-state index in [0.29, 0.717) is 6.04 Å². The van der Waals surface area contributed by atoms with Crippen molar-refractivity contribution < 1.29 is 4.74 Å². The lowest BCUT2D eigenvalue weighted by atomic mass is 10.1. The molecular formula is C15H26N2O. The molecule has 0 aliphatic carbocycles. The molecule has 0 bridgehead atoms. The van der Waals surface area contributed by atoms with Gasteiger partial charge in [0.25, 0.3) is 0 Å². The maximum Gasteiger partial charge on any atom is 0.0589 e. The molecule has 3 nitrogen and oxygen atoms in total. The van der Waals surface area contributed by atoms with E-state index in [0.717, 1.165) is 26.1 Å². The van der Waals surface area contributed by atoms with E-state index in [2.05, 4.69) is 43.0 Å². The van der Waals surface area contributed by atoms with E-state index in [4.69, 9.17) is 10.5 Å². The quantitative estimate of drug-likeness (QED) is 0.766. The average Bonchev–Trinajstić information content (AvgIpc) is 2.35. The summed E-state index contributed by atoms with van der Waals surface area (Å²) in [6, 6.07) is 11.1. The molecule has 2 N–H and O–H groups in total. The maximum absolute atomic E-state index is 6.23. The van der Waals surface area contributed by atoms with Crippen molar-refractivity contribution in [3.05, 3.63) is 35.9 Å². The number of ether oxygens (including phenoxy) is 1. The summed E-state index contributed by atoms with van der Waals surface area (Å²) in [6.45, 7) is 7.01. The molecule has 0 aliphatic rings. The minimum atomic E-state index is 0.173. The number of rotatable bonds is 8. The molecule has 0 unspecified atom stereocenters. The predicted octanol–water partition coefficient (Wildman–Crippen LogP) is 1.91. The standard InChI is InChI=1S/C15H26N2O/c1-13(2)17(9-10-18-3)12-15(16)11-14-7-5-4-6-8-14/h4-8,13,15H,9-12,16H2,1-3H3/t15-/m1/s1. The highest BCUT2D eigenvalue weighted by atomic mass is 16.5.